The Morgan fingerprint density at radius 1 is 0.361 bits per heavy atom. The fraction of sp³-hybridized carbons (Fsp3) is 0.115. The summed E-state index contributed by atoms with van der Waals surface area (Å²) < 4.78 is 7.93. The average molecular weight is 1130 g/mol. The van der Waals surface area contributed by atoms with E-state index in [0.717, 1.165) is 16.9 Å². The molecule has 0 saturated carbocycles. The summed E-state index contributed by atoms with van der Waals surface area (Å²) in [5, 5.41) is 23.8. The van der Waals surface area contributed by atoms with Crippen LogP contribution in [0.1, 0.15) is 56.8 Å². The van der Waals surface area contributed by atoms with Crippen molar-refractivity contribution in [3.8, 4) is 17.1 Å². The molecule has 3 N–H and O–H groups in total. The maximum absolute atomic E-state index is 12.8. The number of aromatic amines is 3. The predicted molar refractivity (Wildman–Crippen MR) is 324 cm³/mol. The standard InChI is InChI=1S/C21H19N5O2.C20H16ClN5O2.C20H17N5O2/c1-13-8-10-16(11-9-13)26-21(28)18(14(2)24-26)12-22-25-15(3)23-19-7-5-4-6-17(19)20(25)27;1-12-17(20(28)26(24-12)15-9-7-14(21)8-10-15)11-22-25-13(2)23-18-6-4-3-5-16(18)19(25)27;1-13-17(20(27)25(23-13)15-8-4-3-5-9-15)12-21-24-14(2)22-18-11-7-6-10-16(18)19(24)26/h4-12,24H,1-3H3;3-11,24H,1-2H3;3-12,23H,1-2H3/b22-12+;22-11+;21-12+. The molecule has 0 fully saturated rings. The number of nitrogens with one attached hydrogen (secondary N) is 3. The summed E-state index contributed by atoms with van der Waals surface area (Å²) in [6.45, 7) is 12.4. The molecule has 22 heteroatoms. The van der Waals surface area contributed by atoms with Gasteiger partial charge in [-0.3, -0.25) is 44.1 Å². The summed E-state index contributed by atoms with van der Waals surface area (Å²) in [6.07, 6.45) is 4.19. The quantitative estimate of drug-likeness (QED) is 0.118. The molecule has 0 unspecified atom stereocenters. The van der Waals surface area contributed by atoms with E-state index in [1.165, 1.54) is 46.7 Å². The van der Waals surface area contributed by atoms with Crippen molar-refractivity contribution in [2.75, 3.05) is 0 Å². The van der Waals surface area contributed by atoms with Gasteiger partial charge in [-0.2, -0.15) is 29.3 Å². The Hall–Kier alpha value is -10.9. The molecule has 0 saturated heterocycles. The molecule has 0 radical (unpaired) electrons. The first kappa shape index (κ1) is 55.4. The lowest BCUT2D eigenvalue weighted by atomic mass is 10.2. The van der Waals surface area contributed by atoms with Gasteiger partial charge in [-0.15, -0.1) is 0 Å². The minimum atomic E-state index is -0.287. The largest absolute Gasteiger partial charge is 0.295 e. The third-order valence-electron chi connectivity index (χ3n) is 13.4. The number of hydrogen-bond acceptors (Lipinski definition) is 12. The van der Waals surface area contributed by atoms with Gasteiger partial charge in [0.05, 0.1) is 85.1 Å². The molecule has 0 bridgehead atoms. The number of nitrogens with zero attached hydrogens (tertiary/aromatic N) is 12. The molecule has 6 heterocycles. The lowest BCUT2D eigenvalue weighted by Crippen LogP contribution is -2.21. The van der Waals surface area contributed by atoms with Crippen molar-refractivity contribution in [3.05, 3.63) is 276 Å². The van der Waals surface area contributed by atoms with Gasteiger partial charge >= 0.3 is 0 Å². The van der Waals surface area contributed by atoms with Gasteiger partial charge in [0, 0.05) is 22.1 Å². The molecule has 414 valence electrons. The van der Waals surface area contributed by atoms with E-state index in [1.54, 1.807) is 120 Å². The van der Waals surface area contributed by atoms with Gasteiger partial charge in [-0.05, 0) is 133 Å². The van der Waals surface area contributed by atoms with Crippen LogP contribution < -0.4 is 33.4 Å². The molecular weight excluding hydrogens is 1070 g/mol. The number of rotatable bonds is 9. The molecule has 6 aromatic carbocycles. The third-order valence-corrected chi connectivity index (χ3v) is 13.6. The van der Waals surface area contributed by atoms with Gasteiger partial charge < -0.3 is 0 Å². The van der Waals surface area contributed by atoms with E-state index in [9.17, 15) is 28.8 Å². The zero-order valence-corrected chi connectivity index (χ0v) is 46.6. The molecule has 0 aliphatic carbocycles. The fourth-order valence-corrected chi connectivity index (χ4v) is 9.13. The van der Waals surface area contributed by atoms with Gasteiger partial charge in [0.25, 0.3) is 33.4 Å². The third kappa shape index (κ3) is 11.3. The first-order chi connectivity index (χ1) is 40.0. The summed E-state index contributed by atoms with van der Waals surface area (Å²) in [5.74, 6) is 1.34. The van der Waals surface area contributed by atoms with Gasteiger partial charge in [-0.1, -0.05) is 83.9 Å². The minimum Gasteiger partial charge on any atom is -0.295 e. The van der Waals surface area contributed by atoms with Crippen LogP contribution in [-0.2, 0) is 0 Å². The van der Waals surface area contributed by atoms with E-state index in [-0.39, 0.29) is 33.4 Å². The molecule has 0 spiro atoms. The smallest absolute Gasteiger partial charge is 0.282 e. The Balaban J connectivity index is 0.000000139. The maximum Gasteiger partial charge on any atom is 0.282 e. The Bertz CT molecular complexity index is 4710. The number of aryl methyl sites for hydroxylation is 7. The van der Waals surface area contributed by atoms with Crippen LogP contribution >= 0.6 is 11.6 Å². The summed E-state index contributed by atoms with van der Waals surface area (Å²) in [4.78, 5) is 89.7. The first-order valence-corrected chi connectivity index (χ1v) is 26.3. The number of hydrogen-bond donors (Lipinski definition) is 3. The van der Waals surface area contributed by atoms with Crippen molar-refractivity contribution in [1.82, 2.24) is 58.3 Å². The molecule has 6 aromatic heterocycles. The van der Waals surface area contributed by atoms with E-state index in [0.29, 0.717) is 94.7 Å². The van der Waals surface area contributed by atoms with Crippen LogP contribution in [-0.4, -0.2) is 77.0 Å². The van der Waals surface area contributed by atoms with Gasteiger partial charge in [0.1, 0.15) is 17.5 Å². The molecule has 83 heavy (non-hydrogen) atoms. The van der Waals surface area contributed by atoms with Crippen molar-refractivity contribution < 1.29 is 0 Å². The van der Waals surface area contributed by atoms with Crippen molar-refractivity contribution in [2.45, 2.75) is 48.5 Å². The highest BCUT2D eigenvalue weighted by atomic mass is 35.5. The average Bonchev–Trinajstić information content (AvgIpc) is 4.21. The summed E-state index contributed by atoms with van der Waals surface area (Å²) >= 11 is 5.91. The predicted octanol–water partition coefficient (Wildman–Crippen LogP) is 8.09. The Morgan fingerprint density at radius 3 is 0.988 bits per heavy atom. The molecule has 0 aliphatic heterocycles. The Labute approximate surface area is 475 Å². The van der Waals surface area contributed by atoms with Gasteiger partial charge in [-0.25, -0.2) is 29.0 Å². The summed E-state index contributed by atoms with van der Waals surface area (Å²) in [6, 6.07) is 45.1. The van der Waals surface area contributed by atoms with Crippen molar-refractivity contribution in [1.29, 1.82) is 0 Å². The highest BCUT2D eigenvalue weighted by molar-refractivity contribution is 6.30. The Kier molecular flexibility index (Phi) is 15.6. The monoisotopic (exact) mass is 1130 g/mol. The van der Waals surface area contributed by atoms with Crippen molar-refractivity contribution in [2.24, 2.45) is 15.3 Å². The Morgan fingerprint density at radius 2 is 0.651 bits per heavy atom. The number of fused-ring (bicyclic) bond motifs is 3. The van der Waals surface area contributed by atoms with E-state index >= 15 is 0 Å². The number of halogens is 1. The van der Waals surface area contributed by atoms with Gasteiger partial charge in [0.15, 0.2) is 0 Å². The van der Waals surface area contributed by atoms with E-state index < -0.39 is 0 Å². The SMILES string of the molecule is Cc1[nH]n(-c2ccc(Cl)cc2)c(=O)c1/C=N/n1c(C)nc2ccccc2c1=O.Cc1[nH]n(-c2ccccc2)c(=O)c1/C=N/n1c(C)nc2ccccc2c1=O.Cc1ccc(-n2[nH]c(C)c(/C=N/n3c(C)nc4ccccc4c3=O)c2=O)cc1. The topological polar surface area (TPSA) is 255 Å². The second-order valence-electron chi connectivity index (χ2n) is 19.1. The highest BCUT2D eigenvalue weighted by Crippen LogP contribution is 2.15. The van der Waals surface area contributed by atoms with Crippen LogP contribution in [0.2, 0.25) is 5.02 Å². The second kappa shape index (κ2) is 23.4. The summed E-state index contributed by atoms with van der Waals surface area (Å²) in [7, 11) is 0. The second-order valence-corrected chi connectivity index (χ2v) is 19.6. The zero-order chi connectivity index (χ0) is 58.6. The van der Waals surface area contributed by atoms with Crippen LogP contribution in [0, 0.1) is 48.5 Å². The first-order valence-electron chi connectivity index (χ1n) is 25.9. The molecular formula is C61H52ClN15O6. The minimum absolute atomic E-state index is 0.232. The van der Waals surface area contributed by atoms with Crippen LogP contribution in [0.15, 0.2) is 196 Å². The molecule has 0 atom stereocenters. The zero-order valence-electron chi connectivity index (χ0n) is 45.9. The van der Waals surface area contributed by atoms with Crippen LogP contribution in [0.25, 0.3) is 49.8 Å². The summed E-state index contributed by atoms with van der Waals surface area (Å²) in [5.41, 5.74) is 6.59. The molecule has 0 amide bonds. The fourth-order valence-electron chi connectivity index (χ4n) is 9.00. The van der Waals surface area contributed by atoms with E-state index in [4.69, 9.17) is 11.6 Å². The van der Waals surface area contributed by atoms with Gasteiger partial charge in [0.2, 0.25) is 0 Å². The van der Waals surface area contributed by atoms with E-state index in [1.807, 2.05) is 79.7 Å². The van der Waals surface area contributed by atoms with Crippen molar-refractivity contribution in [3.63, 3.8) is 0 Å². The number of aromatic nitrogens is 12. The lowest BCUT2D eigenvalue weighted by Gasteiger charge is -2.04. The maximum atomic E-state index is 12.8. The van der Waals surface area contributed by atoms with Crippen LogP contribution in [0.5, 0.6) is 0 Å². The normalized spacial score (nSPS) is 11.5. The number of para-hydroxylation sites is 4. The lowest BCUT2D eigenvalue weighted by molar-refractivity contribution is 0.770. The molecule has 12 rings (SSSR count). The van der Waals surface area contributed by atoms with E-state index in [2.05, 4.69) is 45.6 Å². The van der Waals surface area contributed by atoms with Crippen LogP contribution in [0.4, 0.5) is 0 Å². The molecule has 12 aromatic rings. The molecule has 21 nitrogen and oxygen atoms in total. The van der Waals surface area contributed by atoms with Crippen molar-refractivity contribution >= 4 is 63.0 Å². The highest BCUT2D eigenvalue weighted by Gasteiger charge is 2.16. The van der Waals surface area contributed by atoms with Crippen LogP contribution in [0.3, 0.4) is 0 Å². The number of H-pyrrole nitrogens is 3. The number of benzene rings is 6. The molecule has 0 aliphatic rings.